The van der Waals surface area contributed by atoms with E-state index in [0.29, 0.717) is 0 Å². The van der Waals surface area contributed by atoms with Gasteiger partial charge < -0.3 is 0 Å². The summed E-state index contributed by atoms with van der Waals surface area (Å²) in [7, 11) is 0. The molecule has 3 nitrogen and oxygen atoms in total. The van der Waals surface area contributed by atoms with Gasteiger partial charge >= 0.3 is 0 Å². The highest BCUT2D eigenvalue weighted by atomic mass is 32.1. The Morgan fingerprint density at radius 2 is 0.958 bits per heavy atom. The Bertz CT molecular complexity index is 2830. The van der Waals surface area contributed by atoms with Gasteiger partial charge in [-0.1, -0.05) is 103 Å². The van der Waals surface area contributed by atoms with Gasteiger partial charge in [0.2, 0.25) is 0 Å². The molecule has 0 unspecified atom stereocenters. The van der Waals surface area contributed by atoms with Crippen LogP contribution in [0.25, 0.3) is 96.0 Å². The third kappa shape index (κ3) is 4.36. The maximum atomic E-state index is 4.95. The van der Waals surface area contributed by atoms with Crippen LogP contribution in [0.4, 0.5) is 0 Å². The molecule has 10 aromatic rings. The van der Waals surface area contributed by atoms with Gasteiger partial charge in [-0.25, -0.2) is 9.97 Å². The zero-order valence-corrected chi connectivity index (χ0v) is 27.2. The number of pyridine rings is 1. The Kier molecular flexibility index (Phi) is 6.22. The predicted molar refractivity (Wildman–Crippen MR) is 205 cm³/mol. The standard InChI is InChI=1S/C43H25N3S2/c1-3-16-39-32(9-1)34-12-6-14-36(41(34)47-39)38-21-19-28(23-44-38)26-18-20-31-27(22-26)8-5-11-30(31)29-24-45-43(46-25-29)37-15-7-13-35-33-10-2-4-17-40(33)48-42(35)37/h1-25H. The number of fused-ring (bicyclic) bond motifs is 7. The van der Waals surface area contributed by atoms with Crippen molar-refractivity contribution in [2.45, 2.75) is 0 Å². The summed E-state index contributed by atoms with van der Waals surface area (Å²) in [6.45, 7) is 0. The average molecular weight is 648 g/mol. The molecule has 4 heterocycles. The number of nitrogens with zero attached hydrogens (tertiary/aromatic N) is 3. The van der Waals surface area contributed by atoms with Crippen molar-refractivity contribution >= 4 is 73.8 Å². The third-order valence-corrected chi connectivity index (χ3v) is 11.7. The van der Waals surface area contributed by atoms with E-state index in [4.69, 9.17) is 15.0 Å². The molecule has 6 aromatic carbocycles. The van der Waals surface area contributed by atoms with Crippen LogP contribution < -0.4 is 0 Å². The fourth-order valence-electron chi connectivity index (χ4n) is 6.92. The van der Waals surface area contributed by atoms with Gasteiger partial charge in [0.25, 0.3) is 0 Å². The van der Waals surface area contributed by atoms with Crippen molar-refractivity contribution in [2.75, 3.05) is 0 Å². The monoisotopic (exact) mass is 647 g/mol. The fourth-order valence-corrected chi connectivity index (χ4v) is 9.35. The molecule has 0 saturated heterocycles. The average Bonchev–Trinajstić information content (AvgIpc) is 3.73. The lowest BCUT2D eigenvalue weighted by atomic mass is 9.96. The molecule has 0 amide bonds. The van der Waals surface area contributed by atoms with Crippen molar-refractivity contribution in [3.05, 3.63) is 152 Å². The molecular formula is C43H25N3S2. The van der Waals surface area contributed by atoms with E-state index < -0.39 is 0 Å². The highest BCUT2D eigenvalue weighted by Crippen LogP contribution is 2.41. The van der Waals surface area contributed by atoms with Crippen LogP contribution in [0.1, 0.15) is 0 Å². The molecule has 0 bridgehead atoms. The molecule has 10 rings (SSSR count). The summed E-state index contributed by atoms with van der Waals surface area (Å²) in [5.74, 6) is 0.748. The SMILES string of the molecule is c1cc(-c2cnc(-c3cccc4c3sc3ccccc34)nc2)c2ccc(-c3ccc(-c4cccc5c4sc4ccccc45)nc3)cc2c1. The van der Waals surface area contributed by atoms with E-state index in [0.717, 1.165) is 39.3 Å². The molecule has 0 atom stereocenters. The molecule has 0 saturated carbocycles. The van der Waals surface area contributed by atoms with Crippen molar-refractivity contribution in [1.82, 2.24) is 15.0 Å². The molecule has 48 heavy (non-hydrogen) atoms. The highest BCUT2D eigenvalue weighted by Gasteiger charge is 2.14. The zero-order valence-electron chi connectivity index (χ0n) is 25.6. The number of aromatic nitrogens is 3. The van der Waals surface area contributed by atoms with Gasteiger partial charge in [0.15, 0.2) is 5.82 Å². The van der Waals surface area contributed by atoms with Crippen molar-refractivity contribution in [2.24, 2.45) is 0 Å². The van der Waals surface area contributed by atoms with Crippen LogP contribution in [-0.4, -0.2) is 15.0 Å². The number of hydrogen-bond acceptors (Lipinski definition) is 5. The smallest absolute Gasteiger partial charge is 0.160 e. The summed E-state index contributed by atoms with van der Waals surface area (Å²) in [6.07, 6.45) is 5.91. The van der Waals surface area contributed by atoms with Crippen LogP contribution in [0, 0.1) is 0 Å². The lowest BCUT2D eigenvalue weighted by Crippen LogP contribution is -1.91. The lowest BCUT2D eigenvalue weighted by molar-refractivity contribution is 1.18. The van der Waals surface area contributed by atoms with Crippen LogP contribution in [0.15, 0.2) is 152 Å². The molecule has 4 aromatic heterocycles. The third-order valence-electron chi connectivity index (χ3n) is 9.27. The molecule has 0 N–H and O–H groups in total. The van der Waals surface area contributed by atoms with Gasteiger partial charge in [0.05, 0.1) is 5.69 Å². The largest absolute Gasteiger partial charge is 0.256 e. The summed E-state index contributed by atoms with van der Waals surface area (Å²) in [6, 6.07) is 47.5. The highest BCUT2D eigenvalue weighted by molar-refractivity contribution is 7.26. The summed E-state index contributed by atoms with van der Waals surface area (Å²) >= 11 is 3.64. The van der Waals surface area contributed by atoms with E-state index in [1.165, 1.54) is 56.7 Å². The van der Waals surface area contributed by atoms with Gasteiger partial charge in [-0.2, -0.15) is 0 Å². The quantitative estimate of drug-likeness (QED) is 0.191. The second kappa shape index (κ2) is 10.9. The minimum absolute atomic E-state index is 0.748. The van der Waals surface area contributed by atoms with E-state index in [2.05, 4.69) is 133 Å². The molecule has 0 fully saturated rings. The maximum Gasteiger partial charge on any atom is 0.160 e. The number of hydrogen-bond donors (Lipinski definition) is 0. The Morgan fingerprint density at radius 1 is 0.375 bits per heavy atom. The maximum absolute atomic E-state index is 4.95. The van der Waals surface area contributed by atoms with E-state index in [9.17, 15) is 0 Å². The Morgan fingerprint density at radius 3 is 1.67 bits per heavy atom. The van der Waals surface area contributed by atoms with Crippen LogP contribution >= 0.6 is 22.7 Å². The van der Waals surface area contributed by atoms with E-state index in [1.807, 2.05) is 29.9 Å². The predicted octanol–water partition coefficient (Wildman–Crippen LogP) is 12.4. The summed E-state index contributed by atoms with van der Waals surface area (Å²) in [4.78, 5) is 14.7. The Hall–Kier alpha value is -5.75. The fraction of sp³-hybridized carbons (Fsp3) is 0. The van der Waals surface area contributed by atoms with Gasteiger partial charge in [0.1, 0.15) is 0 Å². The molecule has 0 aliphatic rings. The van der Waals surface area contributed by atoms with Crippen molar-refractivity contribution in [1.29, 1.82) is 0 Å². The first kappa shape index (κ1) is 27.4. The first-order valence-corrected chi connectivity index (χ1v) is 17.5. The summed E-state index contributed by atoms with van der Waals surface area (Å²) < 4.78 is 5.10. The Labute approximate surface area is 284 Å². The number of benzene rings is 6. The minimum atomic E-state index is 0.748. The molecule has 0 radical (unpaired) electrons. The summed E-state index contributed by atoms with van der Waals surface area (Å²) in [5.41, 5.74) is 7.60. The lowest BCUT2D eigenvalue weighted by Gasteiger charge is -2.10. The number of thiophene rings is 2. The topological polar surface area (TPSA) is 38.7 Å². The van der Waals surface area contributed by atoms with Crippen LogP contribution in [0.3, 0.4) is 0 Å². The van der Waals surface area contributed by atoms with Crippen LogP contribution in [-0.2, 0) is 0 Å². The van der Waals surface area contributed by atoms with Crippen LogP contribution in [0.2, 0.25) is 0 Å². The van der Waals surface area contributed by atoms with E-state index in [-0.39, 0.29) is 0 Å². The van der Waals surface area contributed by atoms with Crippen molar-refractivity contribution < 1.29 is 0 Å². The van der Waals surface area contributed by atoms with Gasteiger partial charge in [-0.15, -0.1) is 22.7 Å². The van der Waals surface area contributed by atoms with E-state index >= 15 is 0 Å². The second-order valence-electron chi connectivity index (χ2n) is 12.0. The molecule has 224 valence electrons. The van der Waals surface area contributed by atoms with Gasteiger partial charge in [-0.05, 0) is 52.2 Å². The normalized spacial score (nSPS) is 11.8. The first-order chi connectivity index (χ1) is 23.8. The minimum Gasteiger partial charge on any atom is -0.256 e. The second-order valence-corrected chi connectivity index (χ2v) is 14.1. The molecule has 5 heteroatoms. The van der Waals surface area contributed by atoms with Crippen molar-refractivity contribution in [3.63, 3.8) is 0 Å². The molecule has 0 aliphatic heterocycles. The molecule has 0 spiro atoms. The molecule has 0 aliphatic carbocycles. The van der Waals surface area contributed by atoms with E-state index in [1.54, 1.807) is 11.3 Å². The Balaban J connectivity index is 0.973. The van der Waals surface area contributed by atoms with Gasteiger partial charge in [0, 0.05) is 81.2 Å². The zero-order chi connectivity index (χ0) is 31.6. The molecular weight excluding hydrogens is 623 g/mol. The van der Waals surface area contributed by atoms with Gasteiger partial charge in [-0.3, -0.25) is 4.98 Å². The first-order valence-electron chi connectivity index (χ1n) is 15.9. The van der Waals surface area contributed by atoms with Crippen LogP contribution in [0.5, 0.6) is 0 Å². The summed E-state index contributed by atoms with van der Waals surface area (Å²) in [5, 5.41) is 7.47. The van der Waals surface area contributed by atoms with Crippen molar-refractivity contribution in [3.8, 4) is 44.9 Å². The number of rotatable bonds is 4.